The van der Waals surface area contributed by atoms with E-state index in [0.717, 1.165) is 17.6 Å². The van der Waals surface area contributed by atoms with Gasteiger partial charge in [0.25, 0.3) is 0 Å². The van der Waals surface area contributed by atoms with Gasteiger partial charge in [0, 0.05) is 18.8 Å². The largest absolute Gasteiger partial charge is 0.308 e. The Morgan fingerprint density at radius 1 is 1.00 bits per heavy atom. The topological polar surface area (TPSA) is 102 Å². The molecular formula is C19H22N2O5S3. The molecular weight excluding hydrogens is 432 g/mol. The zero-order valence-electron chi connectivity index (χ0n) is 16.2. The van der Waals surface area contributed by atoms with E-state index in [2.05, 4.69) is 4.72 Å². The van der Waals surface area contributed by atoms with Crippen LogP contribution in [0.5, 0.6) is 0 Å². The summed E-state index contributed by atoms with van der Waals surface area (Å²) in [6.07, 6.45) is 1.61. The van der Waals surface area contributed by atoms with E-state index in [4.69, 9.17) is 0 Å². The maximum Gasteiger partial charge on any atom is 0.308 e. The fraction of sp³-hybridized carbons (Fsp3) is 0.316. The minimum absolute atomic E-state index is 0.0840. The highest BCUT2D eigenvalue weighted by molar-refractivity contribution is 7.90. The number of thiazole rings is 1. The van der Waals surface area contributed by atoms with Crippen molar-refractivity contribution in [1.82, 2.24) is 9.29 Å². The molecule has 2 aromatic carbocycles. The number of benzene rings is 2. The first-order valence-electron chi connectivity index (χ1n) is 9.02. The predicted octanol–water partition coefficient (Wildman–Crippen LogP) is 2.92. The molecule has 1 heterocycles. The van der Waals surface area contributed by atoms with Gasteiger partial charge in [-0.3, -0.25) is 9.36 Å². The SMILES string of the molecule is CCC(NS(=O)(=O)c1ccc2c(c1)sc(=O)n2CC)c1ccc(S(C)(=O)=O)cc1. The number of hydrogen-bond acceptors (Lipinski definition) is 6. The average Bonchev–Trinajstić information content (AvgIpc) is 2.99. The zero-order valence-corrected chi connectivity index (χ0v) is 18.7. The highest BCUT2D eigenvalue weighted by Gasteiger charge is 2.22. The van der Waals surface area contributed by atoms with Crippen molar-refractivity contribution in [2.75, 3.05) is 6.26 Å². The van der Waals surface area contributed by atoms with Gasteiger partial charge in [-0.1, -0.05) is 30.4 Å². The third-order valence-corrected chi connectivity index (χ3v) is 8.22. The summed E-state index contributed by atoms with van der Waals surface area (Å²) in [5.41, 5.74) is 1.39. The molecule has 0 aliphatic heterocycles. The Kier molecular flexibility index (Phi) is 6.00. The van der Waals surface area contributed by atoms with Crippen LogP contribution in [0.1, 0.15) is 31.9 Å². The lowest BCUT2D eigenvalue weighted by molar-refractivity contribution is 0.550. The predicted molar refractivity (Wildman–Crippen MR) is 115 cm³/mol. The molecule has 0 radical (unpaired) electrons. The van der Waals surface area contributed by atoms with Gasteiger partial charge in [-0.25, -0.2) is 21.6 Å². The monoisotopic (exact) mass is 454 g/mol. The minimum Gasteiger partial charge on any atom is -0.299 e. The summed E-state index contributed by atoms with van der Waals surface area (Å²) in [7, 11) is -7.15. The Bertz CT molecular complexity index is 1300. The number of aromatic nitrogens is 1. The van der Waals surface area contributed by atoms with Crippen molar-refractivity contribution in [3.8, 4) is 0 Å². The molecule has 1 unspecified atom stereocenters. The normalized spacial score (nSPS) is 13.6. The standard InChI is InChI=1S/C19H22N2O5S3/c1-4-16(13-6-8-14(9-7-13)28(3,23)24)20-29(25,26)15-10-11-17-18(12-15)27-19(22)21(17)5-2/h6-12,16,20H,4-5H2,1-3H3. The molecule has 1 aromatic heterocycles. The van der Waals surface area contributed by atoms with Gasteiger partial charge in [-0.2, -0.15) is 0 Å². The van der Waals surface area contributed by atoms with Crippen LogP contribution in [0.15, 0.2) is 57.1 Å². The van der Waals surface area contributed by atoms with Crippen LogP contribution < -0.4 is 9.60 Å². The Hall–Kier alpha value is -2.01. The van der Waals surface area contributed by atoms with Gasteiger partial charge in [0.1, 0.15) is 0 Å². The van der Waals surface area contributed by atoms with Crippen LogP contribution in [-0.2, 0) is 26.4 Å². The van der Waals surface area contributed by atoms with Crippen molar-refractivity contribution >= 4 is 41.4 Å². The van der Waals surface area contributed by atoms with Crippen LogP contribution in [0.4, 0.5) is 0 Å². The molecule has 10 heteroatoms. The third kappa shape index (κ3) is 4.45. The van der Waals surface area contributed by atoms with Crippen LogP contribution in [0.25, 0.3) is 10.2 Å². The van der Waals surface area contributed by atoms with Crippen LogP contribution in [0.3, 0.4) is 0 Å². The summed E-state index contributed by atoms with van der Waals surface area (Å²) >= 11 is 1.02. The zero-order chi connectivity index (χ0) is 21.4. The summed E-state index contributed by atoms with van der Waals surface area (Å²) in [4.78, 5) is 12.2. The molecule has 0 aliphatic carbocycles. The lowest BCUT2D eigenvalue weighted by atomic mass is 10.1. The van der Waals surface area contributed by atoms with Gasteiger partial charge >= 0.3 is 4.87 Å². The maximum absolute atomic E-state index is 12.9. The second-order valence-electron chi connectivity index (χ2n) is 6.67. The van der Waals surface area contributed by atoms with Crippen LogP contribution in [0.2, 0.25) is 0 Å². The number of nitrogens with zero attached hydrogens (tertiary/aromatic N) is 1. The van der Waals surface area contributed by atoms with E-state index < -0.39 is 25.9 Å². The van der Waals surface area contributed by atoms with Crippen LogP contribution >= 0.6 is 11.3 Å². The number of aryl methyl sites for hydroxylation is 1. The number of hydrogen-bond donors (Lipinski definition) is 1. The van der Waals surface area contributed by atoms with Gasteiger partial charge in [0.15, 0.2) is 9.84 Å². The number of sulfone groups is 1. The Morgan fingerprint density at radius 3 is 2.17 bits per heavy atom. The van der Waals surface area contributed by atoms with Crippen molar-refractivity contribution in [1.29, 1.82) is 0 Å². The first-order valence-corrected chi connectivity index (χ1v) is 13.2. The highest BCUT2D eigenvalue weighted by Crippen LogP contribution is 2.25. The van der Waals surface area contributed by atoms with E-state index in [-0.39, 0.29) is 14.7 Å². The van der Waals surface area contributed by atoms with Crippen LogP contribution in [-0.4, -0.2) is 27.7 Å². The Balaban J connectivity index is 1.92. The van der Waals surface area contributed by atoms with E-state index in [9.17, 15) is 21.6 Å². The van der Waals surface area contributed by atoms with Crippen molar-refractivity contribution in [2.45, 2.75) is 42.6 Å². The number of sulfonamides is 1. The minimum atomic E-state index is -3.83. The number of nitrogens with one attached hydrogen (secondary N) is 1. The lowest BCUT2D eigenvalue weighted by Gasteiger charge is -2.18. The fourth-order valence-corrected chi connectivity index (χ4v) is 6.14. The first-order chi connectivity index (χ1) is 13.6. The molecule has 0 amide bonds. The van der Waals surface area contributed by atoms with Gasteiger partial charge in [-0.05, 0) is 49.2 Å². The molecule has 0 spiro atoms. The molecule has 0 aliphatic rings. The molecule has 0 saturated carbocycles. The van der Waals surface area contributed by atoms with Gasteiger partial charge < -0.3 is 0 Å². The van der Waals surface area contributed by atoms with E-state index in [0.29, 0.717) is 28.7 Å². The molecule has 29 heavy (non-hydrogen) atoms. The summed E-state index contributed by atoms with van der Waals surface area (Å²) in [5.74, 6) is 0. The van der Waals surface area contributed by atoms with Gasteiger partial charge in [0.05, 0.1) is 20.0 Å². The number of rotatable bonds is 7. The first kappa shape index (κ1) is 21.7. The summed E-state index contributed by atoms with van der Waals surface area (Å²) in [6, 6.07) is 10.3. The van der Waals surface area contributed by atoms with E-state index in [1.807, 2.05) is 13.8 Å². The maximum atomic E-state index is 12.9. The smallest absolute Gasteiger partial charge is 0.299 e. The number of fused-ring (bicyclic) bond motifs is 1. The van der Waals surface area contributed by atoms with E-state index >= 15 is 0 Å². The lowest BCUT2D eigenvalue weighted by Crippen LogP contribution is -2.28. The molecule has 7 nitrogen and oxygen atoms in total. The molecule has 3 rings (SSSR count). The Morgan fingerprint density at radius 2 is 1.62 bits per heavy atom. The van der Waals surface area contributed by atoms with Crippen molar-refractivity contribution in [2.24, 2.45) is 0 Å². The highest BCUT2D eigenvalue weighted by atomic mass is 32.2. The average molecular weight is 455 g/mol. The summed E-state index contributed by atoms with van der Waals surface area (Å²) in [5, 5.41) is 0. The van der Waals surface area contributed by atoms with E-state index in [1.165, 1.54) is 24.3 Å². The second kappa shape index (κ2) is 8.02. The van der Waals surface area contributed by atoms with Crippen molar-refractivity contribution < 1.29 is 16.8 Å². The molecule has 156 valence electrons. The van der Waals surface area contributed by atoms with Crippen molar-refractivity contribution in [3.05, 3.63) is 57.7 Å². The summed E-state index contributed by atoms with van der Waals surface area (Å²) < 4.78 is 54.0. The van der Waals surface area contributed by atoms with E-state index in [1.54, 1.807) is 22.8 Å². The van der Waals surface area contributed by atoms with Gasteiger partial charge in [-0.15, -0.1) is 0 Å². The molecule has 1 N–H and O–H groups in total. The second-order valence-corrected chi connectivity index (χ2v) is 11.4. The summed E-state index contributed by atoms with van der Waals surface area (Å²) in [6.45, 7) is 4.22. The molecule has 3 aromatic rings. The van der Waals surface area contributed by atoms with Crippen LogP contribution in [0, 0.1) is 0 Å². The van der Waals surface area contributed by atoms with Gasteiger partial charge in [0.2, 0.25) is 10.0 Å². The Labute approximate surface area is 174 Å². The molecule has 0 fully saturated rings. The quantitative estimate of drug-likeness (QED) is 0.591. The third-order valence-electron chi connectivity index (χ3n) is 4.68. The van der Waals surface area contributed by atoms with Crippen molar-refractivity contribution in [3.63, 3.8) is 0 Å². The molecule has 1 atom stereocenters. The molecule has 0 saturated heterocycles. The molecule has 0 bridgehead atoms. The fourth-order valence-electron chi connectivity index (χ4n) is 3.10.